The minimum atomic E-state index is -0.0923. The third-order valence-corrected chi connectivity index (χ3v) is 6.45. The number of nitrogens with zero attached hydrogens (tertiary/aromatic N) is 2. The highest BCUT2D eigenvalue weighted by molar-refractivity contribution is 5.83. The molecule has 6 heteroatoms. The molecule has 2 saturated heterocycles. The predicted molar refractivity (Wildman–Crippen MR) is 100 cm³/mol. The number of hydrogen-bond donors (Lipinski definition) is 3. The fourth-order valence-electron chi connectivity index (χ4n) is 5.08. The van der Waals surface area contributed by atoms with Crippen LogP contribution in [0.3, 0.4) is 0 Å². The molecule has 6 nitrogen and oxygen atoms in total. The van der Waals surface area contributed by atoms with Gasteiger partial charge in [0, 0.05) is 18.5 Å². The number of amides is 1. The summed E-state index contributed by atoms with van der Waals surface area (Å²) in [6.45, 7) is 0.829. The first-order valence-electron chi connectivity index (χ1n) is 10.1. The van der Waals surface area contributed by atoms with Crippen molar-refractivity contribution < 1.29 is 4.79 Å². The third-order valence-electron chi connectivity index (χ3n) is 6.45. The van der Waals surface area contributed by atoms with Crippen LogP contribution in [-0.4, -0.2) is 39.4 Å². The summed E-state index contributed by atoms with van der Waals surface area (Å²) in [6, 6.07) is 8.53. The van der Waals surface area contributed by atoms with E-state index in [0.29, 0.717) is 12.0 Å². The van der Waals surface area contributed by atoms with E-state index in [1.807, 2.05) is 18.2 Å². The van der Waals surface area contributed by atoms with Crippen LogP contribution in [0.2, 0.25) is 0 Å². The Balaban J connectivity index is 1.41. The first-order valence-corrected chi connectivity index (χ1v) is 10.1. The second kappa shape index (κ2) is 6.67. The normalized spacial score (nSPS) is 31.9. The summed E-state index contributed by atoms with van der Waals surface area (Å²) in [5.74, 6) is 1.61. The standard InChI is InChI=1S/C20H27N5O/c26-20(18-13-7-1-2-8-14(13)23-24-18)25-12-6-5-11-17(25)19-21-15-9-3-4-10-16(15)22-19/h3-4,9-10,13-14,17-18,23-24H,1-2,5-8,11-12H2,(H,21,22). The lowest BCUT2D eigenvalue weighted by Crippen LogP contribution is -2.50. The maximum absolute atomic E-state index is 13.4. The van der Waals surface area contributed by atoms with Crippen molar-refractivity contribution in [3.05, 3.63) is 30.1 Å². The summed E-state index contributed by atoms with van der Waals surface area (Å²) < 4.78 is 0. The average molecular weight is 353 g/mol. The van der Waals surface area contributed by atoms with E-state index in [9.17, 15) is 4.79 Å². The van der Waals surface area contributed by atoms with Crippen LogP contribution in [0.15, 0.2) is 24.3 Å². The van der Waals surface area contributed by atoms with Crippen molar-refractivity contribution in [3.63, 3.8) is 0 Å². The van der Waals surface area contributed by atoms with Crippen molar-refractivity contribution in [3.8, 4) is 0 Å². The number of likely N-dealkylation sites (tertiary alicyclic amines) is 1. The van der Waals surface area contributed by atoms with E-state index in [4.69, 9.17) is 4.98 Å². The Labute approximate surface area is 153 Å². The zero-order chi connectivity index (χ0) is 17.5. The van der Waals surface area contributed by atoms with Crippen molar-refractivity contribution in [1.82, 2.24) is 25.7 Å². The number of rotatable bonds is 2. The van der Waals surface area contributed by atoms with E-state index < -0.39 is 0 Å². The van der Waals surface area contributed by atoms with Gasteiger partial charge in [-0.2, -0.15) is 0 Å². The van der Waals surface area contributed by atoms with Gasteiger partial charge in [-0.1, -0.05) is 25.0 Å². The van der Waals surface area contributed by atoms with Crippen LogP contribution in [0, 0.1) is 5.92 Å². The quantitative estimate of drug-likeness (QED) is 0.776. The van der Waals surface area contributed by atoms with E-state index in [0.717, 1.165) is 49.1 Å². The average Bonchev–Trinajstić information content (AvgIpc) is 3.31. The first kappa shape index (κ1) is 16.3. The lowest BCUT2D eigenvalue weighted by molar-refractivity contribution is -0.138. The number of nitrogens with one attached hydrogen (secondary N) is 3. The van der Waals surface area contributed by atoms with Crippen molar-refractivity contribution in [2.24, 2.45) is 5.92 Å². The van der Waals surface area contributed by atoms with Crippen molar-refractivity contribution in [2.75, 3.05) is 6.54 Å². The molecule has 0 radical (unpaired) electrons. The summed E-state index contributed by atoms with van der Waals surface area (Å²) in [5.41, 5.74) is 8.74. The van der Waals surface area contributed by atoms with Crippen LogP contribution < -0.4 is 10.9 Å². The molecule has 1 aromatic heterocycles. The number of carbonyl (C=O) groups is 1. The minimum Gasteiger partial charge on any atom is -0.340 e. The van der Waals surface area contributed by atoms with Gasteiger partial charge in [0.05, 0.1) is 17.1 Å². The molecule has 5 rings (SSSR count). The minimum absolute atomic E-state index is 0.0630. The highest BCUT2D eigenvalue weighted by atomic mass is 16.2. The molecule has 0 spiro atoms. The number of hydrazine groups is 1. The Bertz CT molecular complexity index is 769. The maximum Gasteiger partial charge on any atom is 0.242 e. The molecule has 3 heterocycles. The third kappa shape index (κ3) is 2.72. The number of H-pyrrole nitrogens is 1. The summed E-state index contributed by atoms with van der Waals surface area (Å²) in [7, 11) is 0. The molecule has 138 valence electrons. The SMILES string of the molecule is O=C(C1NNC2CCCCC21)N1CCCCC1c1nc2ccccc2[nH]1. The van der Waals surface area contributed by atoms with Gasteiger partial charge in [0.2, 0.25) is 5.91 Å². The van der Waals surface area contributed by atoms with E-state index in [-0.39, 0.29) is 18.0 Å². The lowest BCUT2D eigenvalue weighted by atomic mass is 9.81. The van der Waals surface area contributed by atoms with Gasteiger partial charge in [-0.05, 0) is 44.2 Å². The lowest BCUT2D eigenvalue weighted by Gasteiger charge is -2.37. The van der Waals surface area contributed by atoms with Crippen LogP contribution in [-0.2, 0) is 4.79 Å². The monoisotopic (exact) mass is 353 g/mol. The topological polar surface area (TPSA) is 73.1 Å². The van der Waals surface area contributed by atoms with Crippen LogP contribution in [0.5, 0.6) is 0 Å². The summed E-state index contributed by atoms with van der Waals surface area (Å²) in [5, 5.41) is 0. The molecule has 3 fully saturated rings. The maximum atomic E-state index is 13.4. The number of hydrogen-bond acceptors (Lipinski definition) is 4. The smallest absolute Gasteiger partial charge is 0.242 e. The molecule has 4 atom stereocenters. The van der Waals surface area contributed by atoms with Gasteiger partial charge in [0.25, 0.3) is 0 Å². The summed E-state index contributed by atoms with van der Waals surface area (Å²) >= 11 is 0. The fourth-order valence-corrected chi connectivity index (χ4v) is 5.08. The van der Waals surface area contributed by atoms with E-state index >= 15 is 0 Å². The van der Waals surface area contributed by atoms with Gasteiger partial charge in [-0.3, -0.25) is 10.2 Å². The molecule has 1 aliphatic carbocycles. The van der Waals surface area contributed by atoms with Gasteiger partial charge in [0.1, 0.15) is 11.9 Å². The van der Waals surface area contributed by atoms with Gasteiger partial charge in [-0.15, -0.1) is 0 Å². The summed E-state index contributed by atoms with van der Waals surface area (Å²) in [6.07, 6.45) is 8.03. The van der Waals surface area contributed by atoms with E-state index in [2.05, 4.69) is 26.8 Å². The highest BCUT2D eigenvalue weighted by Gasteiger charge is 2.44. The summed E-state index contributed by atoms with van der Waals surface area (Å²) in [4.78, 5) is 23.8. The predicted octanol–water partition coefficient (Wildman–Crippen LogP) is 2.65. The molecule has 2 aromatic rings. The molecular weight excluding hydrogens is 326 g/mol. The van der Waals surface area contributed by atoms with E-state index in [1.165, 1.54) is 19.3 Å². The molecule has 4 unspecified atom stereocenters. The Hall–Kier alpha value is -1.92. The number of imidazole rings is 1. The first-order chi connectivity index (χ1) is 12.8. The van der Waals surface area contributed by atoms with E-state index in [1.54, 1.807) is 0 Å². The molecule has 3 aliphatic rings. The van der Waals surface area contributed by atoms with Crippen molar-refractivity contribution in [1.29, 1.82) is 0 Å². The number of aromatic amines is 1. The number of aromatic nitrogens is 2. The van der Waals surface area contributed by atoms with Gasteiger partial charge >= 0.3 is 0 Å². The largest absolute Gasteiger partial charge is 0.340 e. The Morgan fingerprint density at radius 3 is 2.81 bits per heavy atom. The van der Waals surface area contributed by atoms with Crippen LogP contribution in [0.4, 0.5) is 0 Å². The van der Waals surface area contributed by atoms with Gasteiger partial charge < -0.3 is 9.88 Å². The zero-order valence-corrected chi connectivity index (χ0v) is 15.1. The Kier molecular flexibility index (Phi) is 4.17. The number of para-hydroxylation sites is 2. The number of benzene rings is 1. The molecule has 0 bridgehead atoms. The zero-order valence-electron chi connectivity index (χ0n) is 15.1. The number of carbonyl (C=O) groups excluding carboxylic acids is 1. The molecule has 26 heavy (non-hydrogen) atoms. The molecule has 3 N–H and O–H groups in total. The van der Waals surface area contributed by atoms with Crippen LogP contribution in [0.1, 0.15) is 56.8 Å². The van der Waals surface area contributed by atoms with Gasteiger partial charge in [0.15, 0.2) is 0 Å². The molecule has 1 aromatic carbocycles. The molecule has 1 saturated carbocycles. The highest BCUT2D eigenvalue weighted by Crippen LogP contribution is 2.35. The molecular formula is C20H27N5O. The van der Waals surface area contributed by atoms with Crippen LogP contribution >= 0.6 is 0 Å². The number of piperidine rings is 1. The second-order valence-corrected chi connectivity index (χ2v) is 8.00. The molecule has 2 aliphatic heterocycles. The molecule has 1 amide bonds. The fraction of sp³-hybridized carbons (Fsp3) is 0.600. The van der Waals surface area contributed by atoms with Crippen molar-refractivity contribution in [2.45, 2.75) is 63.1 Å². The van der Waals surface area contributed by atoms with Crippen LogP contribution in [0.25, 0.3) is 11.0 Å². The van der Waals surface area contributed by atoms with Crippen molar-refractivity contribution >= 4 is 16.9 Å². The Morgan fingerprint density at radius 2 is 1.88 bits per heavy atom. The second-order valence-electron chi connectivity index (χ2n) is 8.00. The van der Waals surface area contributed by atoms with Gasteiger partial charge in [-0.25, -0.2) is 10.4 Å². The number of fused-ring (bicyclic) bond motifs is 2. The Morgan fingerprint density at radius 1 is 1.04 bits per heavy atom.